The van der Waals surface area contributed by atoms with E-state index in [0.29, 0.717) is 10.6 Å². The van der Waals surface area contributed by atoms with Crippen LogP contribution in [0.1, 0.15) is 12.0 Å². The highest BCUT2D eigenvalue weighted by Crippen LogP contribution is 2.24. The quantitative estimate of drug-likeness (QED) is 0.874. The van der Waals surface area contributed by atoms with Crippen LogP contribution in [0, 0.1) is 0 Å². The lowest BCUT2D eigenvalue weighted by Crippen LogP contribution is -2.03. The predicted octanol–water partition coefficient (Wildman–Crippen LogP) is 2.96. The van der Waals surface area contributed by atoms with Crippen molar-refractivity contribution in [3.63, 3.8) is 0 Å². The summed E-state index contributed by atoms with van der Waals surface area (Å²) < 4.78 is 28.0. The molecule has 0 spiro atoms. The second-order valence-corrected chi connectivity index (χ2v) is 3.43. The number of hydrogen-bond donors (Lipinski definition) is 1. The van der Waals surface area contributed by atoms with E-state index in [4.69, 9.17) is 16.7 Å². The van der Waals surface area contributed by atoms with Crippen LogP contribution in [-0.4, -0.2) is 17.7 Å². The second kappa shape index (κ2) is 5.65. The fourth-order valence-electron chi connectivity index (χ4n) is 1.16. The first-order valence-electron chi connectivity index (χ1n) is 4.44. The Hall–Kier alpha value is -1.36. The summed E-state index contributed by atoms with van der Waals surface area (Å²) >= 11 is 5.78. The van der Waals surface area contributed by atoms with Gasteiger partial charge in [-0.25, -0.2) is 0 Å². The molecule has 0 saturated heterocycles. The Labute approximate surface area is 95.6 Å². The van der Waals surface area contributed by atoms with Gasteiger partial charge in [-0.05, 0) is 30.2 Å². The maximum Gasteiger partial charge on any atom is 0.387 e. The SMILES string of the molecule is O=C(O)CCc1cc(OC(F)F)ccc1Cl. The van der Waals surface area contributed by atoms with Gasteiger partial charge in [0.2, 0.25) is 0 Å². The number of carboxylic acid groups (broad SMARTS) is 1. The second-order valence-electron chi connectivity index (χ2n) is 3.03. The van der Waals surface area contributed by atoms with Gasteiger partial charge in [-0.2, -0.15) is 8.78 Å². The molecule has 88 valence electrons. The molecule has 0 radical (unpaired) electrons. The first-order valence-corrected chi connectivity index (χ1v) is 4.82. The van der Waals surface area contributed by atoms with Crippen LogP contribution >= 0.6 is 11.6 Å². The van der Waals surface area contributed by atoms with Crippen LogP contribution in [0.4, 0.5) is 8.78 Å². The lowest BCUT2D eigenvalue weighted by atomic mass is 10.1. The lowest BCUT2D eigenvalue weighted by Gasteiger charge is -2.07. The molecule has 0 aromatic heterocycles. The van der Waals surface area contributed by atoms with Crippen LogP contribution in [0.3, 0.4) is 0 Å². The first kappa shape index (κ1) is 12.7. The molecular weight excluding hydrogens is 242 g/mol. The highest BCUT2D eigenvalue weighted by atomic mass is 35.5. The van der Waals surface area contributed by atoms with Crippen LogP contribution < -0.4 is 4.74 Å². The number of aryl methyl sites for hydroxylation is 1. The monoisotopic (exact) mass is 250 g/mol. The molecule has 0 unspecified atom stereocenters. The van der Waals surface area contributed by atoms with E-state index in [2.05, 4.69) is 4.74 Å². The Morgan fingerprint density at radius 1 is 1.50 bits per heavy atom. The van der Waals surface area contributed by atoms with E-state index in [0.717, 1.165) is 0 Å². The Kier molecular flexibility index (Phi) is 4.49. The average molecular weight is 251 g/mol. The summed E-state index contributed by atoms with van der Waals surface area (Å²) in [5.41, 5.74) is 0.474. The van der Waals surface area contributed by atoms with E-state index in [9.17, 15) is 13.6 Å². The largest absolute Gasteiger partial charge is 0.481 e. The van der Waals surface area contributed by atoms with E-state index in [1.165, 1.54) is 18.2 Å². The van der Waals surface area contributed by atoms with Crippen molar-refractivity contribution in [2.45, 2.75) is 19.5 Å². The fraction of sp³-hybridized carbons (Fsp3) is 0.300. The summed E-state index contributed by atoms with van der Waals surface area (Å²) in [4.78, 5) is 10.4. The standard InChI is InChI=1S/C10H9ClF2O3/c11-8-3-2-7(16-10(12)13)5-6(8)1-4-9(14)15/h2-3,5,10H,1,4H2,(H,14,15). The molecule has 1 N–H and O–H groups in total. The highest BCUT2D eigenvalue weighted by Gasteiger charge is 2.08. The minimum atomic E-state index is -2.91. The number of carbonyl (C=O) groups is 1. The minimum Gasteiger partial charge on any atom is -0.481 e. The van der Waals surface area contributed by atoms with E-state index in [1.807, 2.05) is 0 Å². The summed E-state index contributed by atoms with van der Waals surface area (Å²) in [6.07, 6.45) is 0.0620. The molecule has 0 atom stereocenters. The average Bonchev–Trinajstić information content (AvgIpc) is 2.18. The molecule has 0 aliphatic heterocycles. The van der Waals surface area contributed by atoms with Crippen LogP contribution in [0.25, 0.3) is 0 Å². The summed E-state index contributed by atoms with van der Waals surface area (Å²) in [6.45, 7) is -2.91. The normalized spacial score (nSPS) is 10.5. The number of aliphatic carboxylic acids is 1. The Balaban J connectivity index is 2.77. The van der Waals surface area contributed by atoms with E-state index in [1.54, 1.807) is 0 Å². The first-order chi connectivity index (χ1) is 7.49. The van der Waals surface area contributed by atoms with Crippen molar-refractivity contribution < 1.29 is 23.4 Å². The number of carboxylic acids is 1. The summed E-state index contributed by atoms with van der Waals surface area (Å²) in [5, 5.41) is 8.82. The lowest BCUT2D eigenvalue weighted by molar-refractivity contribution is -0.136. The molecule has 0 bridgehead atoms. The third kappa shape index (κ3) is 4.02. The molecule has 0 aliphatic rings. The molecule has 0 saturated carbocycles. The molecule has 16 heavy (non-hydrogen) atoms. The molecule has 1 aromatic rings. The van der Waals surface area contributed by atoms with Crippen molar-refractivity contribution in [1.29, 1.82) is 0 Å². The predicted molar refractivity (Wildman–Crippen MR) is 54.0 cm³/mol. The third-order valence-electron chi connectivity index (χ3n) is 1.85. The van der Waals surface area contributed by atoms with Crippen LogP contribution in [-0.2, 0) is 11.2 Å². The van der Waals surface area contributed by atoms with Crippen LogP contribution in [0.15, 0.2) is 18.2 Å². The molecule has 0 aliphatic carbocycles. The van der Waals surface area contributed by atoms with E-state index < -0.39 is 12.6 Å². The third-order valence-corrected chi connectivity index (χ3v) is 2.22. The fourth-order valence-corrected chi connectivity index (χ4v) is 1.37. The summed E-state index contributed by atoms with van der Waals surface area (Å²) in [7, 11) is 0. The zero-order valence-corrected chi connectivity index (χ0v) is 8.88. The van der Waals surface area contributed by atoms with E-state index >= 15 is 0 Å². The number of alkyl halides is 2. The van der Waals surface area contributed by atoms with Gasteiger partial charge in [-0.1, -0.05) is 11.6 Å². The topological polar surface area (TPSA) is 46.5 Å². The maximum absolute atomic E-state index is 11.9. The zero-order valence-electron chi connectivity index (χ0n) is 8.12. The Bertz CT molecular complexity index is 382. The minimum absolute atomic E-state index is 0.0280. The Morgan fingerprint density at radius 2 is 2.19 bits per heavy atom. The summed E-state index contributed by atoms with van der Waals surface area (Å²) in [5.74, 6) is -1.00. The van der Waals surface area contributed by atoms with Crippen molar-refractivity contribution in [2.75, 3.05) is 0 Å². The zero-order chi connectivity index (χ0) is 12.1. The summed E-state index contributed by atoms with van der Waals surface area (Å²) in [6, 6.07) is 4.02. The van der Waals surface area contributed by atoms with Gasteiger partial charge in [0, 0.05) is 11.4 Å². The molecule has 1 aromatic carbocycles. The molecule has 1 rings (SSSR count). The highest BCUT2D eigenvalue weighted by molar-refractivity contribution is 6.31. The van der Waals surface area contributed by atoms with Crippen LogP contribution in [0.2, 0.25) is 5.02 Å². The number of ether oxygens (including phenoxy) is 1. The van der Waals surface area contributed by atoms with Gasteiger partial charge in [0.25, 0.3) is 0 Å². The van der Waals surface area contributed by atoms with Gasteiger partial charge < -0.3 is 9.84 Å². The van der Waals surface area contributed by atoms with Gasteiger partial charge in [-0.3, -0.25) is 4.79 Å². The van der Waals surface area contributed by atoms with E-state index in [-0.39, 0.29) is 18.6 Å². The van der Waals surface area contributed by atoms with Crippen molar-refractivity contribution in [2.24, 2.45) is 0 Å². The Morgan fingerprint density at radius 3 is 2.75 bits per heavy atom. The van der Waals surface area contributed by atoms with Crippen molar-refractivity contribution in [3.8, 4) is 5.75 Å². The molecule has 6 heteroatoms. The van der Waals surface area contributed by atoms with Crippen molar-refractivity contribution >= 4 is 17.6 Å². The number of halogens is 3. The number of benzene rings is 1. The van der Waals surface area contributed by atoms with Crippen molar-refractivity contribution in [3.05, 3.63) is 28.8 Å². The van der Waals surface area contributed by atoms with Crippen molar-refractivity contribution in [1.82, 2.24) is 0 Å². The molecular formula is C10H9ClF2O3. The molecule has 0 amide bonds. The number of rotatable bonds is 5. The smallest absolute Gasteiger partial charge is 0.387 e. The van der Waals surface area contributed by atoms with Gasteiger partial charge in [0.05, 0.1) is 0 Å². The number of hydrogen-bond acceptors (Lipinski definition) is 2. The van der Waals surface area contributed by atoms with Gasteiger partial charge >= 0.3 is 12.6 Å². The molecule has 0 heterocycles. The van der Waals surface area contributed by atoms with Gasteiger partial charge in [0.1, 0.15) is 5.75 Å². The maximum atomic E-state index is 11.9. The van der Waals surface area contributed by atoms with Gasteiger partial charge in [0.15, 0.2) is 0 Å². The molecule has 3 nitrogen and oxygen atoms in total. The van der Waals surface area contributed by atoms with Crippen LogP contribution in [0.5, 0.6) is 5.75 Å². The molecule has 0 fully saturated rings. The van der Waals surface area contributed by atoms with Gasteiger partial charge in [-0.15, -0.1) is 0 Å².